The Balaban J connectivity index is 0.000000214. The molecule has 6 rings (SSSR count). The maximum atomic E-state index is 2.12. The predicted octanol–water partition coefficient (Wildman–Crippen LogP) is 1.68. The molecule has 0 radical (unpaired) electrons. The second kappa shape index (κ2) is 13.2. The Morgan fingerprint density at radius 1 is 0.367 bits per heavy atom. The average Bonchev–Trinajstić information content (AvgIpc) is 3.48. The molecule has 0 fully saturated rings. The van der Waals surface area contributed by atoms with Crippen LogP contribution in [0.5, 0.6) is 0 Å². The summed E-state index contributed by atoms with van der Waals surface area (Å²) in [4.78, 5) is 0. The topological polar surface area (TPSA) is 0 Å². The largest absolute Gasteiger partial charge is 2.00 e. The van der Waals surface area contributed by atoms with Gasteiger partial charge in [0.05, 0.1) is 0 Å². The van der Waals surface area contributed by atoms with E-state index in [1.54, 1.807) is 0 Å². The Morgan fingerprint density at radius 3 is 0.900 bits per heavy atom. The van der Waals surface area contributed by atoms with Crippen LogP contribution in [-0.2, 0) is 21.7 Å². The fourth-order valence-electron chi connectivity index (χ4n) is 3.21. The van der Waals surface area contributed by atoms with E-state index in [4.69, 9.17) is 0 Å². The number of hydrogen-bond acceptors (Lipinski definition) is 0. The van der Waals surface area contributed by atoms with Crippen LogP contribution >= 0.6 is 0 Å². The fraction of sp³-hybridized carbons (Fsp3) is 0. The van der Waals surface area contributed by atoms with Crippen molar-refractivity contribution in [2.75, 3.05) is 0 Å². The Bertz CT molecular complexity index is 996. The number of benzene rings is 3. The van der Waals surface area contributed by atoms with Gasteiger partial charge in [0, 0.05) is 0 Å². The van der Waals surface area contributed by atoms with Gasteiger partial charge >= 0.3 is 21.7 Å². The monoisotopic (exact) mass is 463 g/mol. The summed E-state index contributed by atoms with van der Waals surface area (Å²) in [5.41, 5.74) is 0. The molecule has 3 heteroatoms. The van der Waals surface area contributed by atoms with E-state index in [2.05, 4.69) is 127 Å². The molecule has 0 N–H and O–H groups in total. The van der Waals surface area contributed by atoms with Gasteiger partial charge in [0.1, 0.15) is 0 Å². The van der Waals surface area contributed by atoms with Crippen LogP contribution in [0.3, 0.4) is 0 Å². The van der Waals surface area contributed by atoms with E-state index >= 15 is 0 Å². The molecule has 150 valence electrons. The maximum absolute atomic E-state index is 2.12. The third-order valence-electron chi connectivity index (χ3n) is 4.64. The van der Waals surface area contributed by atoms with Crippen LogP contribution in [0.2, 0.25) is 0 Å². The van der Waals surface area contributed by atoms with E-state index in [9.17, 15) is 0 Å². The molecule has 6 aromatic rings. The van der Waals surface area contributed by atoms with Crippen molar-refractivity contribution in [1.29, 1.82) is 0 Å². The van der Waals surface area contributed by atoms with Crippen molar-refractivity contribution in [3.8, 4) is 0 Å². The number of rotatable bonds is 0. The second-order valence-corrected chi connectivity index (χ2v) is 6.46. The zero-order valence-electron chi connectivity index (χ0n) is 16.4. The first-order valence-corrected chi connectivity index (χ1v) is 9.21. The molecule has 0 aromatic heterocycles. The minimum absolute atomic E-state index is 0. The summed E-state index contributed by atoms with van der Waals surface area (Å²) in [6.45, 7) is 0. The SMILES string of the molecule is [Cl-].[Cl-].[Ti+2].c1ccc2[cH-]ccc2c1.c1ccc2[cH-]ccc2c1.c1ccc2[cH-]ccc2c1. The molecule has 0 aliphatic heterocycles. The molecule has 0 unspecified atom stereocenters. The second-order valence-electron chi connectivity index (χ2n) is 6.46. The first-order chi connectivity index (χ1) is 13.4. The molecular weight excluding hydrogens is 443 g/mol. The molecule has 0 heterocycles. The number of hydrogen-bond donors (Lipinski definition) is 0. The van der Waals surface area contributed by atoms with Crippen LogP contribution in [0.1, 0.15) is 0 Å². The molecule has 0 aliphatic carbocycles. The quantitative estimate of drug-likeness (QED) is 0.237. The molecule has 0 saturated heterocycles. The maximum Gasteiger partial charge on any atom is 2.00 e. The zero-order chi connectivity index (χ0) is 18.3. The van der Waals surface area contributed by atoms with Crippen LogP contribution in [0, 0.1) is 0 Å². The third-order valence-corrected chi connectivity index (χ3v) is 4.64. The number of halogens is 2. The van der Waals surface area contributed by atoms with Gasteiger partial charge in [-0.15, -0.1) is 89.0 Å². The summed E-state index contributed by atoms with van der Waals surface area (Å²) in [5, 5.41) is 7.99. The molecule has 0 atom stereocenters. The molecule has 0 aliphatic rings. The van der Waals surface area contributed by atoms with Crippen LogP contribution in [0.25, 0.3) is 32.3 Å². The Morgan fingerprint density at radius 2 is 0.633 bits per heavy atom. The van der Waals surface area contributed by atoms with E-state index in [0.717, 1.165) is 0 Å². The molecular formula is C27H21Cl2Ti-3. The van der Waals surface area contributed by atoms with Gasteiger partial charge in [-0.3, -0.25) is 0 Å². The Hall–Kier alpha value is -2.22. The fourth-order valence-corrected chi connectivity index (χ4v) is 3.21. The molecule has 6 aromatic carbocycles. The summed E-state index contributed by atoms with van der Waals surface area (Å²) in [6, 6.07) is 44.0. The van der Waals surface area contributed by atoms with Gasteiger partial charge in [-0.1, -0.05) is 18.2 Å². The predicted molar refractivity (Wildman–Crippen MR) is 119 cm³/mol. The Kier molecular flexibility index (Phi) is 11.3. The van der Waals surface area contributed by atoms with E-state index in [1.807, 2.05) is 0 Å². The standard InChI is InChI=1S/3C9H7.2ClH.Ti/c3*1-2-5-9-7-3-6-8(9)4-1;;;/h3*1-7H;2*1H;/q3*-1;;;+2/p-2. The van der Waals surface area contributed by atoms with Crippen molar-refractivity contribution in [3.63, 3.8) is 0 Å². The van der Waals surface area contributed by atoms with Gasteiger partial charge in [-0.25, -0.2) is 0 Å². The molecule has 0 amide bonds. The van der Waals surface area contributed by atoms with E-state index in [0.29, 0.717) is 0 Å². The van der Waals surface area contributed by atoms with Gasteiger partial charge in [0.2, 0.25) is 0 Å². The van der Waals surface area contributed by atoms with Crippen LogP contribution < -0.4 is 24.8 Å². The molecule has 0 saturated carbocycles. The van der Waals surface area contributed by atoms with Gasteiger partial charge in [0.25, 0.3) is 0 Å². The zero-order valence-corrected chi connectivity index (χ0v) is 19.5. The van der Waals surface area contributed by atoms with E-state index in [-0.39, 0.29) is 46.5 Å². The summed E-state index contributed by atoms with van der Waals surface area (Å²) in [5.74, 6) is 0. The first kappa shape index (κ1) is 25.8. The molecule has 30 heavy (non-hydrogen) atoms. The first-order valence-electron chi connectivity index (χ1n) is 9.21. The van der Waals surface area contributed by atoms with Crippen molar-refractivity contribution in [2.45, 2.75) is 0 Å². The van der Waals surface area contributed by atoms with Crippen LogP contribution in [0.4, 0.5) is 0 Å². The smallest absolute Gasteiger partial charge is 1.00 e. The minimum atomic E-state index is 0. The summed E-state index contributed by atoms with van der Waals surface area (Å²) in [6.07, 6.45) is 0. The van der Waals surface area contributed by atoms with Crippen molar-refractivity contribution in [3.05, 3.63) is 127 Å². The normalized spacial score (nSPS) is 9.20. The van der Waals surface area contributed by atoms with Crippen molar-refractivity contribution in [2.24, 2.45) is 0 Å². The van der Waals surface area contributed by atoms with Gasteiger partial charge in [-0.05, 0) is 0 Å². The van der Waals surface area contributed by atoms with E-state index < -0.39 is 0 Å². The van der Waals surface area contributed by atoms with Gasteiger partial charge in [-0.2, -0.15) is 52.6 Å². The van der Waals surface area contributed by atoms with Crippen molar-refractivity contribution >= 4 is 32.3 Å². The van der Waals surface area contributed by atoms with Gasteiger partial charge < -0.3 is 24.8 Å². The Labute approximate surface area is 205 Å². The average molecular weight is 464 g/mol. The third kappa shape index (κ3) is 6.65. The van der Waals surface area contributed by atoms with Gasteiger partial charge in [0.15, 0.2) is 0 Å². The number of fused-ring (bicyclic) bond motifs is 3. The summed E-state index contributed by atoms with van der Waals surface area (Å²) < 4.78 is 0. The van der Waals surface area contributed by atoms with E-state index in [1.165, 1.54) is 32.3 Å². The molecule has 0 nitrogen and oxygen atoms in total. The van der Waals surface area contributed by atoms with Crippen molar-refractivity contribution < 1.29 is 46.5 Å². The molecule has 0 bridgehead atoms. The molecule has 0 spiro atoms. The van der Waals surface area contributed by atoms with Crippen LogP contribution in [-0.4, -0.2) is 0 Å². The van der Waals surface area contributed by atoms with Crippen LogP contribution in [0.15, 0.2) is 127 Å². The van der Waals surface area contributed by atoms with Crippen molar-refractivity contribution in [1.82, 2.24) is 0 Å². The summed E-state index contributed by atoms with van der Waals surface area (Å²) in [7, 11) is 0. The minimum Gasteiger partial charge on any atom is -1.00 e. The summed E-state index contributed by atoms with van der Waals surface area (Å²) >= 11 is 0.